The first-order valence-corrected chi connectivity index (χ1v) is 7.56. The molecule has 1 N–H and O–H groups in total. The van der Waals surface area contributed by atoms with E-state index in [0.717, 1.165) is 12.3 Å². The summed E-state index contributed by atoms with van der Waals surface area (Å²) in [5.41, 5.74) is 0. The van der Waals surface area contributed by atoms with Crippen molar-refractivity contribution >= 4 is 29.4 Å². The highest BCUT2D eigenvalue weighted by atomic mass is 32.2. The van der Waals surface area contributed by atoms with Gasteiger partial charge in [0.05, 0.1) is 13.2 Å². The fraction of sp³-hybridized carbons (Fsp3) is 0.900. The molecule has 0 aromatic carbocycles. The molecule has 1 saturated heterocycles. The zero-order valence-corrected chi connectivity index (χ0v) is 11.2. The van der Waals surface area contributed by atoms with E-state index in [1.54, 1.807) is 7.11 Å². The van der Waals surface area contributed by atoms with Gasteiger partial charge >= 0.3 is 0 Å². The molecule has 0 spiro atoms. The van der Waals surface area contributed by atoms with E-state index in [1.165, 1.54) is 11.5 Å². The van der Waals surface area contributed by atoms with E-state index < -0.39 is 0 Å². The molecule has 0 saturated carbocycles. The molecule has 6 heteroatoms. The summed E-state index contributed by atoms with van der Waals surface area (Å²) in [5, 5.41) is 3.45. The summed E-state index contributed by atoms with van der Waals surface area (Å²) in [6.07, 6.45) is 0. The van der Waals surface area contributed by atoms with E-state index in [-0.39, 0.29) is 12.5 Å². The normalized spacial score (nSPS) is 20.7. The van der Waals surface area contributed by atoms with Crippen LogP contribution in [0, 0.1) is 0 Å². The van der Waals surface area contributed by atoms with E-state index in [9.17, 15) is 4.79 Å². The van der Waals surface area contributed by atoms with E-state index in [0.29, 0.717) is 18.5 Å². The molecule has 1 aliphatic heterocycles. The van der Waals surface area contributed by atoms with Crippen molar-refractivity contribution in [1.82, 2.24) is 5.32 Å². The van der Waals surface area contributed by atoms with Gasteiger partial charge in [0.15, 0.2) is 0 Å². The molecule has 1 amide bonds. The van der Waals surface area contributed by atoms with Crippen molar-refractivity contribution < 1.29 is 14.3 Å². The smallest absolute Gasteiger partial charge is 0.246 e. The van der Waals surface area contributed by atoms with Gasteiger partial charge in [0.1, 0.15) is 6.61 Å². The average molecular weight is 265 g/mol. The molecule has 1 atom stereocenters. The third-order valence-corrected chi connectivity index (χ3v) is 4.92. The van der Waals surface area contributed by atoms with E-state index in [1.807, 2.05) is 23.5 Å². The number of ether oxygens (including phenoxy) is 2. The molecule has 0 radical (unpaired) electrons. The molecule has 94 valence electrons. The van der Waals surface area contributed by atoms with Crippen molar-refractivity contribution in [3.05, 3.63) is 0 Å². The van der Waals surface area contributed by atoms with Crippen LogP contribution in [-0.2, 0) is 14.3 Å². The second kappa shape index (κ2) is 9.15. The molecular formula is C10H19NO3S2. The number of methoxy groups -OCH3 is 1. The van der Waals surface area contributed by atoms with Gasteiger partial charge < -0.3 is 14.8 Å². The number of hydrogen-bond acceptors (Lipinski definition) is 5. The van der Waals surface area contributed by atoms with Crippen molar-refractivity contribution in [2.24, 2.45) is 0 Å². The number of carbonyl (C=O) groups excluding carboxylic acids is 1. The summed E-state index contributed by atoms with van der Waals surface area (Å²) in [6, 6.07) is 0. The van der Waals surface area contributed by atoms with Crippen LogP contribution in [0.5, 0.6) is 0 Å². The first kappa shape index (κ1) is 14.2. The topological polar surface area (TPSA) is 47.6 Å². The van der Waals surface area contributed by atoms with Crippen LogP contribution in [0.1, 0.15) is 0 Å². The lowest BCUT2D eigenvalue weighted by atomic mass is 10.4. The van der Waals surface area contributed by atoms with Gasteiger partial charge in [-0.15, -0.1) is 0 Å². The summed E-state index contributed by atoms with van der Waals surface area (Å²) < 4.78 is 9.94. The lowest BCUT2D eigenvalue weighted by molar-refractivity contribution is -0.126. The van der Waals surface area contributed by atoms with Gasteiger partial charge in [-0.05, 0) is 0 Å². The van der Waals surface area contributed by atoms with Crippen molar-refractivity contribution in [2.75, 3.05) is 50.7 Å². The van der Waals surface area contributed by atoms with Crippen LogP contribution in [0.15, 0.2) is 0 Å². The minimum absolute atomic E-state index is 0.0349. The molecule has 0 aromatic heterocycles. The van der Waals surface area contributed by atoms with E-state index in [2.05, 4.69) is 5.32 Å². The SMILES string of the molecule is COCCOCC(=O)NCC1CSCCS1. The van der Waals surface area contributed by atoms with Crippen LogP contribution in [-0.4, -0.2) is 61.9 Å². The average Bonchev–Trinajstić information content (AvgIpc) is 2.33. The largest absolute Gasteiger partial charge is 0.382 e. The molecule has 1 rings (SSSR count). The molecular weight excluding hydrogens is 246 g/mol. The van der Waals surface area contributed by atoms with Gasteiger partial charge in [-0.1, -0.05) is 0 Å². The first-order valence-electron chi connectivity index (χ1n) is 5.35. The predicted octanol–water partition coefficient (Wildman–Crippen LogP) is 0.614. The molecule has 0 aliphatic carbocycles. The van der Waals surface area contributed by atoms with Crippen LogP contribution in [0.4, 0.5) is 0 Å². The minimum Gasteiger partial charge on any atom is -0.382 e. The van der Waals surface area contributed by atoms with Crippen LogP contribution in [0.25, 0.3) is 0 Å². The predicted molar refractivity (Wildman–Crippen MR) is 69.3 cm³/mol. The fourth-order valence-corrected chi connectivity index (χ4v) is 3.85. The van der Waals surface area contributed by atoms with Gasteiger partial charge in [-0.25, -0.2) is 0 Å². The van der Waals surface area contributed by atoms with Crippen LogP contribution in [0.2, 0.25) is 0 Å². The van der Waals surface area contributed by atoms with Crippen LogP contribution < -0.4 is 5.32 Å². The Bertz CT molecular complexity index is 199. The molecule has 16 heavy (non-hydrogen) atoms. The van der Waals surface area contributed by atoms with E-state index in [4.69, 9.17) is 9.47 Å². The Morgan fingerprint density at radius 1 is 1.44 bits per heavy atom. The number of carbonyl (C=O) groups is 1. The van der Waals surface area contributed by atoms with Gasteiger partial charge in [0, 0.05) is 36.2 Å². The Balaban J connectivity index is 1.96. The summed E-state index contributed by atoms with van der Waals surface area (Å²) in [6.45, 7) is 1.89. The van der Waals surface area contributed by atoms with Gasteiger partial charge in [-0.3, -0.25) is 4.79 Å². The molecule has 1 unspecified atom stereocenters. The number of thioether (sulfide) groups is 2. The molecule has 0 bridgehead atoms. The lowest BCUT2D eigenvalue weighted by Gasteiger charge is -2.21. The number of rotatable bonds is 7. The second-order valence-corrected chi connectivity index (χ2v) is 5.98. The lowest BCUT2D eigenvalue weighted by Crippen LogP contribution is -2.35. The maximum atomic E-state index is 11.4. The highest BCUT2D eigenvalue weighted by Crippen LogP contribution is 2.23. The maximum Gasteiger partial charge on any atom is 0.246 e. The highest BCUT2D eigenvalue weighted by molar-refractivity contribution is 8.06. The van der Waals surface area contributed by atoms with E-state index >= 15 is 0 Å². The van der Waals surface area contributed by atoms with Gasteiger partial charge in [0.2, 0.25) is 5.91 Å². The molecule has 1 heterocycles. The quantitative estimate of drug-likeness (QED) is 0.684. The molecule has 1 aliphatic rings. The van der Waals surface area contributed by atoms with Crippen LogP contribution >= 0.6 is 23.5 Å². The second-order valence-electron chi connectivity index (χ2n) is 3.42. The summed E-state index contributed by atoms with van der Waals surface area (Å²) in [7, 11) is 1.61. The van der Waals surface area contributed by atoms with Crippen molar-refractivity contribution in [3.63, 3.8) is 0 Å². The third kappa shape index (κ3) is 6.62. The van der Waals surface area contributed by atoms with Gasteiger partial charge in [-0.2, -0.15) is 23.5 Å². The zero-order chi connectivity index (χ0) is 11.6. The van der Waals surface area contributed by atoms with Crippen molar-refractivity contribution in [2.45, 2.75) is 5.25 Å². The Morgan fingerprint density at radius 3 is 3.00 bits per heavy atom. The summed E-state index contributed by atoms with van der Waals surface area (Å²) in [5.74, 6) is 3.52. The summed E-state index contributed by atoms with van der Waals surface area (Å²) in [4.78, 5) is 11.4. The molecule has 0 aromatic rings. The minimum atomic E-state index is -0.0349. The number of nitrogens with one attached hydrogen (secondary N) is 1. The number of hydrogen-bond donors (Lipinski definition) is 1. The van der Waals surface area contributed by atoms with Crippen LogP contribution in [0.3, 0.4) is 0 Å². The maximum absolute atomic E-state index is 11.4. The Labute approximate surface area is 105 Å². The monoisotopic (exact) mass is 265 g/mol. The molecule has 1 fully saturated rings. The fourth-order valence-electron chi connectivity index (χ4n) is 1.24. The zero-order valence-electron chi connectivity index (χ0n) is 9.57. The summed E-state index contributed by atoms with van der Waals surface area (Å²) >= 11 is 3.90. The Morgan fingerprint density at radius 2 is 2.31 bits per heavy atom. The highest BCUT2D eigenvalue weighted by Gasteiger charge is 2.14. The Kier molecular flexibility index (Phi) is 8.10. The van der Waals surface area contributed by atoms with Crippen molar-refractivity contribution in [1.29, 1.82) is 0 Å². The number of amides is 1. The Hall–Kier alpha value is 0.0900. The van der Waals surface area contributed by atoms with Gasteiger partial charge in [0.25, 0.3) is 0 Å². The standard InChI is InChI=1S/C10H19NO3S2/c1-13-2-3-14-7-10(12)11-6-9-8-15-4-5-16-9/h9H,2-8H2,1H3,(H,11,12). The molecule has 4 nitrogen and oxygen atoms in total. The third-order valence-electron chi connectivity index (χ3n) is 2.08. The first-order chi connectivity index (χ1) is 7.83. The van der Waals surface area contributed by atoms with Crippen molar-refractivity contribution in [3.8, 4) is 0 Å².